The second-order valence-electron chi connectivity index (χ2n) is 6.90. The maximum Gasteiger partial charge on any atom is 0.260 e. The molecule has 1 heterocycles. The van der Waals surface area contributed by atoms with Gasteiger partial charge >= 0.3 is 0 Å². The molecule has 4 rings (SSSR count). The molecule has 0 unspecified atom stereocenters. The zero-order valence-electron chi connectivity index (χ0n) is 15.9. The lowest BCUT2D eigenvalue weighted by molar-refractivity contribution is 0.0858. The zero-order valence-corrected chi connectivity index (χ0v) is 15.9. The van der Waals surface area contributed by atoms with E-state index in [1.54, 1.807) is 4.90 Å². The van der Waals surface area contributed by atoms with E-state index in [4.69, 9.17) is 4.99 Å². The normalized spacial score (nSPS) is 15.4. The molecule has 3 aromatic carbocycles. The van der Waals surface area contributed by atoms with E-state index in [1.807, 2.05) is 73.8 Å². The van der Waals surface area contributed by atoms with Crippen molar-refractivity contribution < 1.29 is 4.79 Å². The third kappa shape index (κ3) is 3.67. The molecule has 140 valence electrons. The summed E-state index contributed by atoms with van der Waals surface area (Å²) in [4.78, 5) is 22.0. The Morgan fingerprint density at radius 1 is 0.786 bits per heavy atom. The second-order valence-corrected chi connectivity index (χ2v) is 6.90. The predicted octanol–water partition coefficient (Wildman–Crippen LogP) is 4.22. The lowest BCUT2D eigenvalue weighted by Gasteiger charge is -2.22. The molecule has 1 fully saturated rings. The van der Waals surface area contributed by atoms with Crippen molar-refractivity contribution in [1.29, 1.82) is 0 Å². The van der Waals surface area contributed by atoms with Crippen LogP contribution in [0.4, 0.5) is 0 Å². The Balaban J connectivity index is 1.74. The molecule has 0 saturated carbocycles. The first-order valence-corrected chi connectivity index (χ1v) is 9.50. The first kappa shape index (κ1) is 18.0. The van der Waals surface area contributed by atoms with Crippen molar-refractivity contribution in [3.8, 4) is 0 Å². The van der Waals surface area contributed by atoms with Crippen LogP contribution in [0.15, 0.2) is 96.0 Å². The van der Waals surface area contributed by atoms with Gasteiger partial charge in [-0.3, -0.25) is 9.69 Å². The molecule has 0 spiro atoms. The Hall–Kier alpha value is -3.40. The zero-order chi connectivity index (χ0) is 19.3. The third-order valence-corrected chi connectivity index (χ3v) is 4.98. The van der Waals surface area contributed by atoms with E-state index >= 15 is 0 Å². The summed E-state index contributed by atoms with van der Waals surface area (Å²) < 4.78 is 0. The lowest BCUT2D eigenvalue weighted by atomic mass is 9.99. The molecule has 4 nitrogen and oxygen atoms in total. The van der Waals surface area contributed by atoms with Crippen molar-refractivity contribution >= 4 is 11.9 Å². The highest BCUT2D eigenvalue weighted by atomic mass is 16.2. The molecule has 0 atom stereocenters. The summed E-state index contributed by atoms with van der Waals surface area (Å²) in [6, 6.07) is 29.7. The van der Waals surface area contributed by atoms with Gasteiger partial charge in [0.1, 0.15) is 6.04 Å². The summed E-state index contributed by atoms with van der Waals surface area (Å²) in [6.45, 7) is 1.41. The molecule has 1 amide bonds. The summed E-state index contributed by atoms with van der Waals surface area (Å²) in [5, 5.41) is 0. The largest absolute Gasteiger partial charge is 0.344 e. The molecule has 1 aliphatic rings. The number of guanidine groups is 1. The van der Waals surface area contributed by atoms with Gasteiger partial charge in [0.15, 0.2) is 0 Å². The number of carbonyl (C=O) groups is 1. The molecule has 4 heteroatoms. The monoisotopic (exact) mass is 369 g/mol. The summed E-state index contributed by atoms with van der Waals surface area (Å²) in [7, 11) is 1.99. The fourth-order valence-electron chi connectivity index (χ4n) is 3.48. The van der Waals surface area contributed by atoms with E-state index in [2.05, 4.69) is 29.2 Å². The summed E-state index contributed by atoms with van der Waals surface area (Å²) >= 11 is 0. The van der Waals surface area contributed by atoms with Crippen molar-refractivity contribution in [2.45, 2.75) is 6.04 Å². The molecular weight excluding hydrogens is 346 g/mol. The highest BCUT2D eigenvalue weighted by Gasteiger charge is 2.31. The Labute approximate surface area is 165 Å². The van der Waals surface area contributed by atoms with Crippen LogP contribution in [0, 0.1) is 0 Å². The second kappa shape index (κ2) is 8.09. The number of nitrogens with zero attached hydrogens (tertiary/aromatic N) is 3. The van der Waals surface area contributed by atoms with E-state index in [9.17, 15) is 4.79 Å². The molecule has 3 aromatic rings. The maximum absolute atomic E-state index is 13.1. The smallest absolute Gasteiger partial charge is 0.260 e. The Morgan fingerprint density at radius 3 is 1.82 bits per heavy atom. The van der Waals surface area contributed by atoms with Gasteiger partial charge in [-0.15, -0.1) is 0 Å². The number of amides is 1. The minimum Gasteiger partial charge on any atom is -0.344 e. The van der Waals surface area contributed by atoms with Crippen LogP contribution in [0.2, 0.25) is 0 Å². The predicted molar refractivity (Wildman–Crippen MR) is 112 cm³/mol. The summed E-state index contributed by atoms with van der Waals surface area (Å²) in [6.07, 6.45) is 0. The number of carbonyl (C=O) groups excluding carboxylic acids is 1. The van der Waals surface area contributed by atoms with Crippen molar-refractivity contribution in [3.63, 3.8) is 0 Å². The molecule has 1 saturated heterocycles. The lowest BCUT2D eigenvalue weighted by Crippen LogP contribution is -2.37. The molecule has 0 aromatic heterocycles. The van der Waals surface area contributed by atoms with Crippen LogP contribution >= 0.6 is 0 Å². The van der Waals surface area contributed by atoms with E-state index < -0.39 is 0 Å². The van der Waals surface area contributed by atoms with Gasteiger partial charge in [-0.25, -0.2) is 4.99 Å². The van der Waals surface area contributed by atoms with Gasteiger partial charge in [-0.1, -0.05) is 78.9 Å². The highest BCUT2D eigenvalue weighted by Crippen LogP contribution is 2.27. The van der Waals surface area contributed by atoms with Gasteiger partial charge in [0, 0.05) is 25.7 Å². The van der Waals surface area contributed by atoms with Crippen LogP contribution in [0.3, 0.4) is 0 Å². The van der Waals surface area contributed by atoms with Crippen molar-refractivity contribution in [2.24, 2.45) is 4.99 Å². The molecular formula is C24H23N3O. The Morgan fingerprint density at radius 2 is 1.29 bits per heavy atom. The first-order chi connectivity index (χ1) is 13.7. The van der Waals surface area contributed by atoms with Crippen LogP contribution < -0.4 is 0 Å². The number of hydrogen-bond donors (Lipinski definition) is 0. The number of rotatable bonds is 4. The van der Waals surface area contributed by atoms with Gasteiger partial charge < -0.3 is 4.90 Å². The van der Waals surface area contributed by atoms with Crippen LogP contribution in [0.1, 0.15) is 27.5 Å². The summed E-state index contributed by atoms with van der Waals surface area (Å²) in [5.41, 5.74) is 2.89. The molecule has 0 bridgehead atoms. The third-order valence-electron chi connectivity index (χ3n) is 4.98. The Bertz CT molecular complexity index is 915. The van der Waals surface area contributed by atoms with Gasteiger partial charge in [0.05, 0.1) is 0 Å². The van der Waals surface area contributed by atoms with E-state index in [1.165, 1.54) is 0 Å². The topological polar surface area (TPSA) is 35.9 Å². The highest BCUT2D eigenvalue weighted by molar-refractivity contribution is 6.06. The quantitative estimate of drug-likeness (QED) is 0.690. The van der Waals surface area contributed by atoms with Gasteiger partial charge in [-0.05, 0) is 23.3 Å². The number of benzene rings is 3. The average Bonchev–Trinajstić information content (AvgIpc) is 3.13. The SMILES string of the molecule is CN1CCN(C(=O)c2ccccc2)C1=NC(c1ccccc1)c1ccccc1. The molecule has 0 N–H and O–H groups in total. The average molecular weight is 369 g/mol. The van der Waals surface area contributed by atoms with Crippen LogP contribution in [-0.2, 0) is 0 Å². The first-order valence-electron chi connectivity index (χ1n) is 9.50. The van der Waals surface area contributed by atoms with Crippen molar-refractivity contribution in [2.75, 3.05) is 20.1 Å². The van der Waals surface area contributed by atoms with Crippen molar-refractivity contribution in [1.82, 2.24) is 9.80 Å². The fourth-order valence-corrected chi connectivity index (χ4v) is 3.48. The number of aliphatic imine (C=N–C) groups is 1. The summed E-state index contributed by atoms with van der Waals surface area (Å²) in [5.74, 6) is 0.704. The van der Waals surface area contributed by atoms with Crippen LogP contribution in [0.5, 0.6) is 0 Å². The fraction of sp³-hybridized carbons (Fsp3) is 0.167. The standard InChI is InChI=1S/C24H23N3O/c1-26-17-18-27(23(28)21-15-9-4-10-16-21)24(26)25-22(19-11-5-2-6-12-19)20-13-7-3-8-14-20/h2-16,22H,17-18H2,1H3. The minimum atomic E-state index is -0.163. The Kier molecular flexibility index (Phi) is 5.20. The van der Waals surface area contributed by atoms with Crippen molar-refractivity contribution in [3.05, 3.63) is 108 Å². The van der Waals surface area contributed by atoms with E-state index in [-0.39, 0.29) is 11.9 Å². The molecule has 28 heavy (non-hydrogen) atoms. The van der Waals surface area contributed by atoms with Gasteiger partial charge in [0.2, 0.25) is 5.96 Å². The number of likely N-dealkylation sites (N-methyl/N-ethyl adjacent to an activating group) is 1. The van der Waals surface area contributed by atoms with Gasteiger partial charge in [-0.2, -0.15) is 0 Å². The maximum atomic E-state index is 13.1. The van der Waals surface area contributed by atoms with E-state index in [0.29, 0.717) is 18.1 Å². The minimum absolute atomic E-state index is 0.0106. The van der Waals surface area contributed by atoms with E-state index in [0.717, 1.165) is 17.7 Å². The van der Waals surface area contributed by atoms with Gasteiger partial charge in [0.25, 0.3) is 5.91 Å². The molecule has 1 aliphatic heterocycles. The number of hydrogen-bond acceptors (Lipinski definition) is 2. The van der Waals surface area contributed by atoms with Crippen LogP contribution in [-0.4, -0.2) is 41.8 Å². The molecule has 0 radical (unpaired) electrons. The van der Waals surface area contributed by atoms with Crippen LogP contribution in [0.25, 0.3) is 0 Å². The molecule has 0 aliphatic carbocycles.